The number of amides is 3. The highest BCUT2D eigenvalue weighted by Gasteiger charge is 2.28. The summed E-state index contributed by atoms with van der Waals surface area (Å²) < 4.78 is 0. The molecule has 1 fully saturated rings. The molecule has 0 aromatic heterocycles. The third-order valence-corrected chi connectivity index (χ3v) is 5.41. The summed E-state index contributed by atoms with van der Waals surface area (Å²) in [5, 5.41) is 6.42. The molecule has 0 atom stereocenters. The van der Waals surface area contributed by atoms with Crippen molar-refractivity contribution in [1.29, 1.82) is 0 Å². The molecule has 0 bridgehead atoms. The number of hydrogen-bond donors (Lipinski definition) is 2. The number of benzene rings is 2. The Labute approximate surface area is 188 Å². The summed E-state index contributed by atoms with van der Waals surface area (Å²) in [6.07, 6.45) is 1.14. The Morgan fingerprint density at radius 3 is 2.19 bits per heavy atom. The van der Waals surface area contributed by atoms with E-state index in [2.05, 4.69) is 10.6 Å². The van der Waals surface area contributed by atoms with E-state index < -0.39 is 0 Å². The summed E-state index contributed by atoms with van der Waals surface area (Å²) in [5.74, 6) is -0.630. The molecule has 1 aliphatic rings. The number of para-hydroxylation sites is 1. The first-order valence-corrected chi connectivity index (χ1v) is 10.8. The quantitative estimate of drug-likeness (QED) is 0.739. The number of likely N-dealkylation sites (tertiary alicyclic amines) is 1. The van der Waals surface area contributed by atoms with Crippen molar-refractivity contribution in [2.75, 3.05) is 18.4 Å². The number of rotatable bonds is 4. The maximum Gasteiger partial charge on any atom is 0.253 e. The molecule has 0 radical (unpaired) electrons. The monoisotopic (exact) mass is 441 g/mol. The Morgan fingerprint density at radius 2 is 1.58 bits per heavy atom. The van der Waals surface area contributed by atoms with Crippen molar-refractivity contribution in [2.45, 2.75) is 39.2 Å². The zero-order valence-electron chi connectivity index (χ0n) is 18.1. The highest BCUT2D eigenvalue weighted by atomic mass is 35.5. The molecule has 6 nitrogen and oxygen atoms in total. The van der Waals surface area contributed by atoms with E-state index in [1.807, 2.05) is 20.8 Å². The van der Waals surface area contributed by atoms with E-state index in [0.717, 1.165) is 0 Å². The van der Waals surface area contributed by atoms with Gasteiger partial charge in [0, 0.05) is 35.1 Å². The van der Waals surface area contributed by atoms with Crippen LogP contribution in [0.5, 0.6) is 0 Å². The molecule has 3 amide bonds. The second-order valence-electron chi connectivity index (χ2n) is 8.81. The van der Waals surface area contributed by atoms with Gasteiger partial charge >= 0.3 is 0 Å². The van der Waals surface area contributed by atoms with Crippen LogP contribution in [0.25, 0.3) is 0 Å². The molecule has 0 aliphatic carbocycles. The second-order valence-corrected chi connectivity index (χ2v) is 9.25. The van der Waals surface area contributed by atoms with E-state index >= 15 is 0 Å². The van der Waals surface area contributed by atoms with Gasteiger partial charge < -0.3 is 15.5 Å². The van der Waals surface area contributed by atoms with E-state index in [4.69, 9.17) is 11.6 Å². The lowest BCUT2D eigenvalue weighted by Crippen LogP contribution is -2.42. The van der Waals surface area contributed by atoms with Crippen LogP contribution >= 0.6 is 11.6 Å². The van der Waals surface area contributed by atoms with Gasteiger partial charge in [0.2, 0.25) is 5.91 Å². The van der Waals surface area contributed by atoms with Gasteiger partial charge in [0.05, 0.1) is 11.3 Å². The van der Waals surface area contributed by atoms with Crippen molar-refractivity contribution in [3.63, 3.8) is 0 Å². The van der Waals surface area contributed by atoms with Crippen LogP contribution in [-0.2, 0) is 4.79 Å². The lowest BCUT2D eigenvalue weighted by atomic mass is 9.95. The normalized spacial score (nSPS) is 14.8. The lowest BCUT2D eigenvalue weighted by molar-refractivity contribution is -0.121. The Hall–Kier alpha value is -2.86. The van der Waals surface area contributed by atoms with Crippen LogP contribution in [0, 0.1) is 5.92 Å². The number of carbonyl (C=O) groups excluding carboxylic acids is 3. The third-order valence-electron chi connectivity index (χ3n) is 5.16. The topological polar surface area (TPSA) is 78.5 Å². The number of anilines is 1. The summed E-state index contributed by atoms with van der Waals surface area (Å²) >= 11 is 5.89. The zero-order valence-corrected chi connectivity index (χ0v) is 18.8. The molecule has 7 heteroatoms. The average molecular weight is 442 g/mol. The van der Waals surface area contributed by atoms with Crippen LogP contribution in [0.4, 0.5) is 5.69 Å². The number of nitrogens with one attached hydrogen (secondary N) is 2. The van der Waals surface area contributed by atoms with Crippen molar-refractivity contribution >= 4 is 35.0 Å². The predicted molar refractivity (Wildman–Crippen MR) is 122 cm³/mol. The van der Waals surface area contributed by atoms with Gasteiger partial charge in [-0.3, -0.25) is 14.4 Å². The van der Waals surface area contributed by atoms with Gasteiger partial charge in [-0.1, -0.05) is 23.7 Å². The number of piperidine rings is 1. The van der Waals surface area contributed by atoms with Crippen molar-refractivity contribution in [3.8, 4) is 0 Å². The molecule has 1 saturated heterocycles. The molecule has 0 unspecified atom stereocenters. The summed E-state index contributed by atoms with van der Waals surface area (Å²) in [7, 11) is 0. The van der Waals surface area contributed by atoms with Gasteiger partial charge in [-0.05, 0) is 70.0 Å². The van der Waals surface area contributed by atoms with Gasteiger partial charge in [-0.2, -0.15) is 0 Å². The van der Waals surface area contributed by atoms with Crippen molar-refractivity contribution in [3.05, 3.63) is 64.7 Å². The van der Waals surface area contributed by atoms with Crippen molar-refractivity contribution in [2.24, 2.45) is 5.92 Å². The van der Waals surface area contributed by atoms with Crippen LogP contribution in [0.3, 0.4) is 0 Å². The van der Waals surface area contributed by atoms with Crippen molar-refractivity contribution in [1.82, 2.24) is 10.2 Å². The Bertz CT molecular complexity index is 959. The number of halogens is 1. The van der Waals surface area contributed by atoms with Gasteiger partial charge in [0.25, 0.3) is 11.8 Å². The number of carbonyl (C=O) groups is 3. The maximum absolute atomic E-state index is 12.9. The molecular formula is C24H28ClN3O3. The van der Waals surface area contributed by atoms with E-state index in [1.54, 1.807) is 53.4 Å². The van der Waals surface area contributed by atoms with Crippen LogP contribution < -0.4 is 10.6 Å². The predicted octanol–water partition coefficient (Wildman–Crippen LogP) is 4.36. The highest BCUT2D eigenvalue weighted by molar-refractivity contribution is 6.30. The molecule has 164 valence electrons. The van der Waals surface area contributed by atoms with Crippen LogP contribution in [0.15, 0.2) is 48.5 Å². The fourth-order valence-corrected chi connectivity index (χ4v) is 3.68. The first-order chi connectivity index (χ1) is 14.6. The molecule has 2 aromatic carbocycles. The SMILES string of the molecule is CC(C)(C)NC(=O)c1ccccc1NC(=O)C1CCN(C(=O)c2ccc(Cl)cc2)CC1. The van der Waals surface area contributed by atoms with Gasteiger partial charge in [0.15, 0.2) is 0 Å². The summed E-state index contributed by atoms with van der Waals surface area (Å²) in [4.78, 5) is 39.9. The van der Waals surface area contributed by atoms with E-state index in [9.17, 15) is 14.4 Å². The van der Waals surface area contributed by atoms with Crippen molar-refractivity contribution < 1.29 is 14.4 Å². The van der Waals surface area contributed by atoms with E-state index in [-0.39, 0.29) is 29.2 Å². The lowest BCUT2D eigenvalue weighted by Gasteiger charge is -2.31. The third kappa shape index (κ3) is 6.07. The maximum atomic E-state index is 12.9. The van der Waals surface area contributed by atoms with Gasteiger partial charge in [-0.25, -0.2) is 0 Å². The van der Waals surface area contributed by atoms with Crippen LogP contribution in [-0.4, -0.2) is 41.2 Å². The second kappa shape index (κ2) is 9.52. The molecule has 31 heavy (non-hydrogen) atoms. The van der Waals surface area contributed by atoms with Gasteiger partial charge in [-0.15, -0.1) is 0 Å². The first-order valence-electron chi connectivity index (χ1n) is 10.4. The smallest absolute Gasteiger partial charge is 0.253 e. The van der Waals surface area contributed by atoms with Gasteiger partial charge in [0.1, 0.15) is 0 Å². The molecular weight excluding hydrogens is 414 g/mol. The molecule has 0 spiro atoms. The molecule has 3 rings (SSSR count). The summed E-state index contributed by atoms with van der Waals surface area (Å²) in [5.41, 5.74) is 1.14. The largest absolute Gasteiger partial charge is 0.347 e. The minimum Gasteiger partial charge on any atom is -0.347 e. The minimum atomic E-state index is -0.377. The fourth-order valence-electron chi connectivity index (χ4n) is 3.55. The fraction of sp³-hybridized carbons (Fsp3) is 0.375. The summed E-state index contributed by atoms with van der Waals surface area (Å²) in [6.45, 7) is 6.74. The Balaban J connectivity index is 1.60. The number of nitrogens with zero attached hydrogens (tertiary/aromatic N) is 1. The molecule has 1 aliphatic heterocycles. The first kappa shape index (κ1) is 22.8. The Kier molecular flexibility index (Phi) is 7.01. The Morgan fingerprint density at radius 1 is 0.968 bits per heavy atom. The number of hydrogen-bond acceptors (Lipinski definition) is 3. The summed E-state index contributed by atoms with van der Waals surface area (Å²) in [6, 6.07) is 13.8. The van der Waals surface area contributed by atoms with E-state index in [0.29, 0.717) is 47.8 Å². The van der Waals surface area contributed by atoms with Crippen LogP contribution in [0.1, 0.15) is 54.3 Å². The highest BCUT2D eigenvalue weighted by Crippen LogP contribution is 2.23. The minimum absolute atomic E-state index is 0.0558. The van der Waals surface area contributed by atoms with Crippen LogP contribution in [0.2, 0.25) is 5.02 Å². The van der Waals surface area contributed by atoms with E-state index in [1.165, 1.54) is 0 Å². The molecule has 2 aromatic rings. The zero-order chi connectivity index (χ0) is 22.6. The molecule has 0 saturated carbocycles. The molecule has 2 N–H and O–H groups in total. The standard InChI is InChI=1S/C24H28ClN3O3/c1-24(2,3)27-22(30)19-6-4-5-7-20(19)26-21(29)16-12-14-28(15-13-16)23(31)17-8-10-18(25)11-9-17/h4-11,16H,12-15H2,1-3H3,(H,26,29)(H,27,30). The molecule has 1 heterocycles. The average Bonchev–Trinajstić information content (AvgIpc) is 2.73.